The standard InChI is InChI=1S/C8H17NO3/c1-6(7(2)10)9-5-3-4-8(11)12/h6-7,9-10H,3-5H2,1-2H3,(H,11,12). The van der Waals surface area contributed by atoms with E-state index in [0.29, 0.717) is 13.0 Å². The summed E-state index contributed by atoms with van der Waals surface area (Å²) in [6.07, 6.45) is 0.390. The van der Waals surface area contributed by atoms with Gasteiger partial charge in [0.2, 0.25) is 0 Å². The van der Waals surface area contributed by atoms with Gasteiger partial charge in [-0.2, -0.15) is 0 Å². The zero-order valence-electron chi connectivity index (χ0n) is 7.58. The Labute approximate surface area is 72.6 Å². The van der Waals surface area contributed by atoms with E-state index < -0.39 is 12.1 Å². The predicted octanol–water partition coefficient (Wildman–Crippen LogP) is 0.210. The number of hydrogen-bond donors (Lipinski definition) is 3. The number of hydrogen-bond acceptors (Lipinski definition) is 3. The van der Waals surface area contributed by atoms with Gasteiger partial charge in [-0.25, -0.2) is 0 Å². The van der Waals surface area contributed by atoms with Crippen molar-refractivity contribution >= 4 is 5.97 Å². The molecule has 0 aliphatic heterocycles. The molecule has 0 aromatic rings. The van der Waals surface area contributed by atoms with Crippen LogP contribution in [0.15, 0.2) is 0 Å². The molecular formula is C8H17NO3. The van der Waals surface area contributed by atoms with Gasteiger partial charge in [0, 0.05) is 12.5 Å². The molecule has 0 amide bonds. The highest BCUT2D eigenvalue weighted by Crippen LogP contribution is 1.92. The number of carboxylic acid groups (broad SMARTS) is 1. The highest BCUT2D eigenvalue weighted by atomic mass is 16.4. The van der Waals surface area contributed by atoms with Gasteiger partial charge in [0.1, 0.15) is 0 Å². The van der Waals surface area contributed by atoms with Crippen molar-refractivity contribution in [3.8, 4) is 0 Å². The maximum atomic E-state index is 10.1. The lowest BCUT2D eigenvalue weighted by atomic mass is 10.2. The van der Waals surface area contributed by atoms with Crippen LogP contribution in [0, 0.1) is 0 Å². The van der Waals surface area contributed by atoms with E-state index in [1.165, 1.54) is 0 Å². The summed E-state index contributed by atoms with van der Waals surface area (Å²) >= 11 is 0. The molecule has 72 valence electrons. The van der Waals surface area contributed by atoms with Gasteiger partial charge >= 0.3 is 5.97 Å². The molecule has 12 heavy (non-hydrogen) atoms. The van der Waals surface area contributed by atoms with Crippen LogP contribution in [-0.4, -0.2) is 34.9 Å². The quantitative estimate of drug-likeness (QED) is 0.505. The molecule has 4 heteroatoms. The van der Waals surface area contributed by atoms with Crippen molar-refractivity contribution in [2.45, 2.75) is 38.8 Å². The Kier molecular flexibility index (Phi) is 5.66. The lowest BCUT2D eigenvalue weighted by molar-refractivity contribution is -0.137. The Morgan fingerprint density at radius 2 is 2.08 bits per heavy atom. The van der Waals surface area contributed by atoms with E-state index in [2.05, 4.69) is 5.32 Å². The summed E-state index contributed by atoms with van der Waals surface area (Å²) in [5.41, 5.74) is 0. The fourth-order valence-corrected chi connectivity index (χ4v) is 0.740. The molecule has 0 rings (SSSR count). The molecule has 2 atom stereocenters. The summed E-state index contributed by atoms with van der Waals surface area (Å²) in [7, 11) is 0. The van der Waals surface area contributed by atoms with E-state index in [1.54, 1.807) is 6.92 Å². The fourth-order valence-electron chi connectivity index (χ4n) is 0.740. The third-order valence-electron chi connectivity index (χ3n) is 1.76. The molecule has 0 aliphatic rings. The first-order valence-corrected chi connectivity index (χ1v) is 4.17. The minimum atomic E-state index is -0.776. The van der Waals surface area contributed by atoms with Crippen LogP contribution >= 0.6 is 0 Å². The van der Waals surface area contributed by atoms with Crippen molar-refractivity contribution in [3.63, 3.8) is 0 Å². The average Bonchev–Trinajstić information content (AvgIpc) is 1.97. The highest BCUT2D eigenvalue weighted by Gasteiger charge is 2.06. The Morgan fingerprint density at radius 1 is 1.50 bits per heavy atom. The van der Waals surface area contributed by atoms with Gasteiger partial charge in [0.05, 0.1) is 6.10 Å². The van der Waals surface area contributed by atoms with Gasteiger partial charge in [0.25, 0.3) is 0 Å². The molecular weight excluding hydrogens is 158 g/mol. The SMILES string of the molecule is CC(O)C(C)NCCCC(=O)O. The van der Waals surface area contributed by atoms with Gasteiger partial charge < -0.3 is 15.5 Å². The van der Waals surface area contributed by atoms with Crippen LogP contribution in [0.25, 0.3) is 0 Å². The molecule has 2 unspecified atom stereocenters. The molecule has 3 N–H and O–H groups in total. The Balaban J connectivity index is 3.25. The summed E-state index contributed by atoms with van der Waals surface area (Å²) < 4.78 is 0. The number of nitrogens with one attached hydrogen (secondary N) is 1. The van der Waals surface area contributed by atoms with Crippen LogP contribution in [0.3, 0.4) is 0 Å². The van der Waals surface area contributed by atoms with E-state index in [1.807, 2.05) is 6.92 Å². The van der Waals surface area contributed by atoms with Gasteiger partial charge in [-0.15, -0.1) is 0 Å². The maximum Gasteiger partial charge on any atom is 0.303 e. The Bertz CT molecular complexity index is 136. The first-order valence-electron chi connectivity index (χ1n) is 4.17. The zero-order valence-corrected chi connectivity index (χ0v) is 7.58. The minimum Gasteiger partial charge on any atom is -0.481 e. The second-order valence-corrected chi connectivity index (χ2v) is 2.98. The predicted molar refractivity (Wildman–Crippen MR) is 46.0 cm³/mol. The maximum absolute atomic E-state index is 10.1. The van der Waals surface area contributed by atoms with Crippen molar-refractivity contribution in [3.05, 3.63) is 0 Å². The van der Waals surface area contributed by atoms with E-state index in [4.69, 9.17) is 10.2 Å². The van der Waals surface area contributed by atoms with Crippen LogP contribution in [0.4, 0.5) is 0 Å². The molecule has 0 aromatic carbocycles. The van der Waals surface area contributed by atoms with Crippen LogP contribution < -0.4 is 5.32 Å². The van der Waals surface area contributed by atoms with Crippen molar-refractivity contribution in [2.24, 2.45) is 0 Å². The molecule has 0 saturated heterocycles. The minimum absolute atomic E-state index is 0.0267. The molecule has 0 saturated carbocycles. The van der Waals surface area contributed by atoms with Gasteiger partial charge in [-0.1, -0.05) is 0 Å². The first kappa shape index (κ1) is 11.4. The number of rotatable bonds is 6. The molecule has 0 aromatic heterocycles. The molecule has 0 fully saturated rings. The van der Waals surface area contributed by atoms with E-state index in [9.17, 15) is 4.79 Å². The van der Waals surface area contributed by atoms with Gasteiger partial charge in [0.15, 0.2) is 0 Å². The third kappa shape index (κ3) is 6.12. The third-order valence-corrected chi connectivity index (χ3v) is 1.76. The Hall–Kier alpha value is -0.610. The number of aliphatic hydroxyl groups excluding tert-OH is 1. The molecule has 0 radical (unpaired) electrons. The van der Waals surface area contributed by atoms with Crippen LogP contribution in [-0.2, 0) is 4.79 Å². The van der Waals surface area contributed by atoms with E-state index >= 15 is 0 Å². The van der Waals surface area contributed by atoms with Crippen molar-refractivity contribution in [2.75, 3.05) is 6.54 Å². The number of carbonyl (C=O) groups is 1. The normalized spacial score (nSPS) is 15.6. The smallest absolute Gasteiger partial charge is 0.303 e. The van der Waals surface area contributed by atoms with E-state index in [0.717, 1.165) is 0 Å². The summed E-state index contributed by atoms with van der Waals surface area (Å²) in [6.45, 7) is 4.21. The van der Waals surface area contributed by atoms with Gasteiger partial charge in [-0.05, 0) is 26.8 Å². The highest BCUT2D eigenvalue weighted by molar-refractivity contribution is 5.66. The molecule has 0 bridgehead atoms. The first-order chi connectivity index (χ1) is 5.54. The van der Waals surface area contributed by atoms with Crippen LogP contribution in [0.1, 0.15) is 26.7 Å². The second kappa shape index (κ2) is 5.97. The topological polar surface area (TPSA) is 69.6 Å². The monoisotopic (exact) mass is 175 g/mol. The Morgan fingerprint density at radius 3 is 2.50 bits per heavy atom. The van der Waals surface area contributed by atoms with Crippen molar-refractivity contribution < 1.29 is 15.0 Å². The summed E-state index contributed by atoms with van der Waals surface area (Å²) in [5, 5.41) is 20.4. The summed E-state index contributed by atoms with van der Waals surface area (Å²) in [5.74, 6) is -0.776. The number of aliphatic carboxylic acids is 1. The second-order valence-electron chi connectivity index (χ2n) is 2.98. The largest absolute Gasteiger partial charge is 0.481 e. The molecule has 0 spiro atoms. The lowest BCUT2D eigenvalue weighted by Crippen LogP contribution is -2.36. The molecule has 4 nitrogen and oxygen atoms in total. The van der Waals surface area contributed by atoms with Crippen molar-refractivity contribution in [1.29, 1.82) is 0 Å². The summed E-state index contributed by atoms with van der Waals surface area (Å²) in [4.78, 5) is 10.1. The fraction of sp³-hybridized carbons (Fsp3) is 0.875. The van der Waals surface area contributed by atoms with Gasteiger partial charge in [-0.3, -0.25) is 4.79 Å². The summed E-state index contributed by atoms with van der Waals surface area (Å²) in [6, 6.07) is 0.0267. The number of carboxylic acids is 1. The van der Waals surface area contributed by atoms with Crippen LogP contribution in [0.5, 0.6) is 0 Å². The van der Waals surface area contributed by atoms with E-state index in [-0.39, 0.29) is 12.5 Å². The number of aliphatic hydroxyl groups is 1. The van der Waals surface area contributed by atoms with Crippen LogP contribution in [0.2, 0.25) is 0 Å². The molecule has 0 heterocycles. The average molecular weight is 175 g/mol. The lowest BCUT2D eigenvalue weighted by Gasteiger charge is -2.15. The molecule has 0 aliphatic carbocycles. The van der Waals surface area contributed by atoms with Crippen molar-refractivity contribution in [1.82, 2.24) is 5.32 Å². The zero-order chi connectivity index (χ0) is 9.56.